The lowest BCUT2D eigenvalue weighted by Gasteiger charge is -2.20. The molecule has 0 saturated heterocycles. The minimum Gasteiger partial charge on any atom is -0.456 e. The Morgan fingerprint density at radius 2 is 1.59 bits per heavy atom. The van der Waals surface area contributed by atoms with E-state index in [1.165, 1.54) is 4.90 Å². The van der Waals surface area contributed by atoms with Gasteiger partial charge in [-0.2, -0.15) is 0 Å². The normalized spacial score (nSPS) is 13.3. The zero-order valence-corrected chi connectivity index (χ0v) is 18.8. The minimum absolute atomic E-state index is 0.344. The molecule has 0 fully saturated rings. The summed E-state index contributed by atoms with van der Waals surface area (Å²) in [6, 6.07) is 19.1. The monoisotopic (exact) mass is 447 g/mol. The summed E-state index contributed by atoms with van der Waals surface area (Å²) in [7, 11) is 0. The molecule has 2 amide bonds. The molecule has 1 aliphatic heterocycles. The van der Waals surface area contributed by atoms with Gasteiger partial charge in [-0.05, 0) is 74.7 Å². The van der Waals surface area contributed by atoms with Gasteiger partial charge in [-0.15, -0.1) is 0 Å². The predicted octanol–water partition coefficient (Wildman–Crippen LogP) is 5.69. The number of hydrogen-bond donors (Lipinski definition) is 0. The topological polar surface area (TPSA) is 63.7 Å². The van der Waals surface area contributed by atoms with Crippen LogP contribution in [0.25, 0.3) is 0 Å². The van der Waals surface area contributed by atoms with Crippen LogP contribution in [0.15, 0.2) is 66.7 Å². The minimum atomic E-state index is -0.641. The molecule has 3 aromatic rings. The first-order valence-electron chi connectivity index (χ1n) is 10.2. The number of amides is 2. The smallest absolute Gasteiger partial charge is 0.338 e. The summed E-state index contributed by atoms with van der Waals surface area (Å²) in [5.41, 5.74) is 2.51. The standard InChI is InChI=1S/C26H22ClNO4/c1-26(2,3)32-25(31)21-15-18(27)11-10-17(21)13-16-9-12-20-22(14-16)24(30)28(23(20)29)19-7-5-4-6-8-19/h4-12,14-15H,13H2,1-3H3. The Bertz CT molecular complexity index is 1230. The molecule has 0 radical (unpaired) electrons. The Morgan fingerprint density at radius 1 is 0.906 bits per heavy atom. The SMILES string of the molecule is CC(C)(C)OC(=O)c1cc(Cl)ccc1Cc1ccc2c(c1)C(=O)N(c1ccccc1)C2=O. The number of halogens is 1. The molecule has 3 aromatic carbocycles. The lowest BCUT2D eigenvalue weighted by Crippen LogP contribution is -2.29. The van der Waals surface area contributed by atoms with Crippen LogP contribution in [0.5, 0.6) is 0 Å². The van der Waals surface area contributed by atoms with E-state index in [2.05, 4.69) is 0 Å². The largest absolute Gasteiger partial charge is 0.456 e. The first-order chi connectivity index (χ1) is 15.1. The van der Waals surface area contributed by atoms with Crippen LogP contribution in [0.1, 0.15) is 63.0 Å². The first kappa shape index (κ1) is 21.8. The van der Waals surface area contributed by atoms with Crippen molar-refractivity contribution in [3.05, 3.63) is 99.6 Å². The van der Waals surface area contributed by atoms with Crippen LogP contribution in [0, 0.1) is 0 Å². The van der Waals surface area contributed by atoms with Crippen molar-refractivity contribution in [2.24, 2.45) is 0 Å². The molecule has 6 heteroatoms. The second-order valence-electron chi connectivity index (χ2n) is 8.64. The van der Waals surface area contributed by atoms with Gasteiger partial charge in [0.15, 0.2) is 0 Å². The van der Waals surface area contributed by atoms with E-state index in [4.69, 9.17) is 16.3 Å². The second kappa shape index (κ2) is 8.24. The summed E-state index contributed by atoms with van der Waals surface area (Å²) in [6.07, 6.45) is 0.381. The Labute approximate surface area is 191 Å². The maximum absolute atomic E-state index is 13.0. The van der Waals surface area contributed by atoms with Gasteiger partial charge >= 0.3 is 5.97 Å². The second-order valence-corrected chi connectivity index (χ2v) is 9.08. The summed E-state index contributed by atoms with van der Waals surface area (Å²) in [4.78, 5) is 39.7. The fourth-order valence-corrected chi connectivity index (χ4v) is 3.83. The van der Waals surface area contributed by atoms with Gasteiger partial charge in [0, 0.05) is 5.02 Å². The number of ether oxygens (including phenoxy) is 1. The van der Waals surface area contributed by atoms with Gasteiger partial charge in [0.1, 0.15) is 5.60 Å². The number of hydrogen-bond acceptors (Lipinski definition) is 4. The number of imide groups is 1. The van der Waals surface area contributed by atoms with E-state index in [1.807, 2.05) is 6.07 Å². The number of rotatable bonds is 4. The van der Waals surface area contributed by atoms with Crippen molar-refractivity contribution in [2.75, 3.05) is 4.90 Å². The molecule has 0 atom stereocenters. The molecule has 0 bridgehead atoms. The third kappa shape index (κ3) is 4.30. The zero-order valence-electron chi connectivity index (χ0n) is 18.0. The van der Waals surface area contributed by atoms with Gasteiger partial charge in [0.25, 0.3) is 11.8 Å². The van der Waals surface area contributed by atoms with E-state index in [1.54, 1.807) is 81.4 Å². The number of esters is 1. The number of anilines is 1. The number of para-hydroxylation sites is 1. The maximum atomic E-state index is 13.0. The summed E-state index contributed by atoms with van der Waals surface area (Å²) in [5.74, 6) is -1.16. The number of fused-ring (bicyclic) bond motifs is 1. The molecule has 162 valence electrons. The molecule has 4 rings (SSSR count). The van der Waals surface area contributed by atoms with Gasteiger partial charge in [0.05, 0.1) is 22.4 Å². The Hall–Kier alpha value is -3.44. The lowest BCUT2D eigenvalue weighted by atomic mass is 9.97. The number of nitrogens with zero attached hydrogens (tertiary/aromatic N) is 1. The van der Waals surface area contributed by atoms with Crippen molar-refractivity contribution in [1.29, 1.82) is 0 Å². The predicted molar refractivity (Wildman–Crippen MR) is 123 cm³/mol. The number of benzene rings is 3. The molecular formula is C26H22ClNO4. The third-order valence-electron chi connectivity index (χ3n) is 5.05. The van der Waals surface area contributed by atoms with Gasteiger partial charge in [0.2, 0.25) is 0 Å². The first-order valence-corrected chi connectivity index (χ1v) is 10.6. The summed E-state index contributed by atoms with van der Waals surface area (Å²) in [5, 5.41) is 0.433. The highest BCUT2D eigenvalue weighted by Gasteiger charge is 2.36. The van der Waals surface area contributed by atoms with Crippen LogP contribution in [-0.4, -0.2) is 23.4 Å². The van der Waals surface area contributed by atoms with Gasteiger partial charge in [-0.1, -0.05) is 41.9 Å². The van der Waals surface area contributed by atoms with E-state index in [-0.39, 0.29) is 11.8 Å². The highest BCUT2D eigenvalue weighted by molar-refractivity contribution is 6.34. The molecular weight excluding hydrogens is 426 g/mol. The Kier molecular flexibility index (Phi) is 5.61. The van der Waals surface area contributed by atoms with E-state index in [9.17, 15) is 14.4 Å². The van der Waals surface area contributed by atoms with Gasteiger partial charge in [-0.3, -0.25) is 9.59 Å². The van der Waals surface area contributed by atoms with Crippen molar-refractivity contribution < 1.29 is 19.1 Å². The van der Waals surface area contributed by atoms with Crippen molar-refractivity contribution in [3.63, 3.8) is 0 Å². The van der Waals surface area contributed by atoms with E-state index < -0.39 is 11.6 Å². The number of carbonyl (C=O) groups is 3. The molecule has 1 aliphatic rings. The number of carbonyl (C=O) groups excluding carboxylic acids is 3. The summed E-state index contributed by atoms with van der Waals surface area (Å²) >= 11 is 6.13. The molecule has 5 nitrogen and oxygen atoms in total. The van der Waals surface area contributed by atoms with Gasteiger partial charge < -0.3 is 4.74 Å². The maximum Gasteiger partial charge on any atom is 0.338 e. The summed E-state index contributed by atoms with van der Waals surface area (Å²) in [6.45, 7) is 5.41. The molecule has 1 heterocycles. The average Bonchev–Trinajstić information content (AvgIpc) is 2.98. The van der Waals surface area contributed by atoms with Crippen LogP contribution >= 0.6 is 11.6 Å². The van der Waals surface area contributed by atoms with Crippen molar-refractivity contribution in [2.45, 2.75) is 32.8 Å². The van der Waals surface area contributed by atoms with Crippen LogP contribution in [0.3, 0.4) is 0 Å². The van der Waals surface area contributed by atoms with Crippen LogP contribution in [0.2, 0.25) is 5.02 Å². The molecule has 0 spiro atoms. The fourth-order valence-electron chi connectivity index (χ4n) is 3.66. The third-order valence-corrected chi connectivity index (χ3v) is 5.29. The van der Waals surface area contributed by atoms with Crippen molar-refractivity contribution >= 4 is 35.1 Å². The molecule has 0 unspecified atom stereocenters. The van der Waals surface area contributed by atoms with Crippen molar-refractivity contribution in [3.8, 4) is 0 Å². The summed E-state index contributed by atoms with van der Waals surface area (Å²) < 4.78 is 5.52. The Morgan fingerprint density at radius 3 is 2.28 bits per heavy atom. The molecule has 0 aliphatic carbocycles. The quantitative estimate of drug-likeness (QED) is 0.381. The average molecular weight is 448 g/mol. The highest BCUT2D eigenvalue weighted by Crippen LogP contribution is 2.30. The highest BCUT2D eigenvalue weighted by atomic mass is 35.5. The Balaban J connectivity index is 1.65. The van der Waals surface area contributed by atoms with E-state index in [0.717, 1.165) is 11.1 Å². The zero-order chi connectivity index (χ0) is 23.0. The lowest BCUT2D eigenvalue weighted by molar-refractivity contribution is 0.00682. The molecule has 0 saturated carbocycles. The van der Waals surface area contributed by atoms with E-state index >= 15 is 0 Å². The van der Waals surface area contributed by atoms with Crippen LogP contribution in [-0.2, 0) is 11.2 Å². The molecule has 0 aromatic heterocycles. The van der Waals surface area contributed by atoms with Crippen LogP contribution in [0.4, 0.5) is 5.69 Å². The molecule has 32 heavy (non-hydrogen) atoms. The fraction of sp³-hybridized carbons (Fsp3) is 0.192. The van der Waals surface area contributed by atoms with Gasteiger partial charge in [-0.25, -0.2) is 9.69 Å². The van der Waals surface area contributed by atoms with Crippen LogP contribution < -0.4 is 4.90 Å². The van der Waals surface area contributed by atoms with Crippen molar-refractivity contribution in [1.82, 2.24) is 0 Å². The van der Waals surface area contributed by atoms with E-state index in [0.29, 0.717) is 33.8 Å². The molecule has 0 N–H and O–H groups in total.